The lowest BCUT2D eigenvalue weighted by atomic mass is 10.2. The van der Waals surface area contributed by atoms with Gasteiger partial charge in [0.25, 0.3) is 11.5 Å². The molecule has 0 saturated carbocycles. The fourth-order valence-electron chi connectivity index (χ4n) is 3.13. The first-order valence-electron chi connectivity index (χ1n) is 9.34. The lowest BCUT2D eigenvalue weighted by Gasteiger charge is -2.08. The number of carbonyl (C=O) groups excluding carboxylic acids is 1. The average Bonchev–Trinajstić information content (AvgIpc) is 2.98. The quantitative estimate of drug-likeness (QED) is 0.536. The molecule has 0 saturated heterocycles. The van der Waals surface area contributed by atoms with E-state index in [4.69, 9.17) is 0 Å². The molecule has 8 nitrogen and oxygen atoms in total. The van der Waals surface area contributed by atoms with Crippen LogP contribution >= 0.6 is 0 Å². The molecule has 2 heterocycles. The molecule has 150 valence electrons. The Morgan fingerprint density at radius 2 is 1.70 bits per heavy atom. The number of anilines is 3. The summed E-state index contributed by atoms with van der Waals surface area (Å²) >= 11 is 0. The van der Waals surface area contributed by atoms with E-state index in [0.717, 1.165) is 5.69 Å². The van der Waals surface area contributed by atoms with Gasteiger partial charge in [0.2, 0.25) is 5.95 Å². The van der Waals surface area contributed by atoms with Gasteiger partial charge in [-0.05, 0) is 43.3 Å². The van der Waals surface area contributed by atoms with E-state index < -0.39 is 0 Å². The van der Waals surface area contributed by atoms with Crippen LogP contribution in [-0.2, 0) is 7.05 Å². The molecule has 30 heavy (non-hydrogen) atoms. The van der Waals surface area contributed by atoms with Crippen LogP contribution in [0.15, 0.2) is 77.9 Å². The number of amides is 1. The molecule has 0 atom stereocenters. The molecule has 0 aliphatic heterocycles. The minimum Gasteiger partial charge on any atom is -0.324 e. The van der Waals surface area contributed by atoms with E-state index in [1.807, 2.05) is 36.4 Å². The van der Waals surface area contributed by atoms with Gasteiger partial charge < -0.3 is 10.6 Å². The Balaban J connectivity index is 1.61. The minimum absolute atomic E-state index is 0.246. The van der Waals surface area contributed by atoms with Gasteiger partial charge >= 0.3 is 0 Å². The first-order chi connectivity index (χ1) is 14.5. The van der Waals surface area contributed by atoms with Gasteiger partial charge in [0.1, 0.15) is 5.69 Å². The molecule has 0 unspecified atom stereocenters. The third-order valence-corrected chi connectivity index (χ3v) is 4.74. The second-order valence-corrected chi connectivity index (χ2v) is 6.67. The molecule has 2 aromatic carbocycles. The topological polar surface area (TPSA) is 93.8 Å². The molecule has 0 fully saturated rings. The molecule has 2 aromatic heterocycles. The predicted molar refractivity (Wildman–Crippen MR) is 115 cm³/mol. The van der Waals surface area contributed by atoms with Crippen molar-refractivity contribution in [3.05, 3.63) is 94.7 Å². The summed E-state index contributed by atoms with van der Waals surface area (Å²) in [7, 11) is 1.78. The summed E-state index contributed by atoms with van der Waals surface area (Å²) in [5.74, 6) is 0.0540. The molecular weight excluding hydrogens is 380 g/mol. The zero-order chi connectivity index (χ0) is 21.1. The Hall–Kier alpha value is -4.20. The summed E-state index contributed by atoms with van der Waals surface area (Å²) in [4.78, 5) is 34.1. The minimum atomic E-state index is -0.376. The van der Waals surface area contributed by atoms with E-state index in [-0.39, 0.29) is 17.2 Å². The van der Waals surface area contributed by atoms with Crippen molar-refractivity contribution in [2.75, 3.05) is 10.6 Å². The second-order valence-electron chi connectivity index (χ2n) is 6.67. The van der Waals surface area contributed by atoms with Crippen LogP contribution < -0.4 is 16.2 Å². The third-order valence-electron chi connectivity index (χ3n) is 4.74. The number of nitrogens with zero attached hydrogens (tertiary/aromatic N) is 4. The van der Waals surface area contributed by atoms with Crippen molar-refractivity contribution in [1.82, 2.24) is 19.3 Å². The molecule has 0 aliphatic carbocycles. The van der Waals surface area contributed by atoms with E-state index in [9.17, 15) is 9.59 Å². The SMILES string of the molecule is Cc1c(NC(=O)c2cccc(Nc3ncccn3)c2)c(=O)n(-c2ccccc2)n1C. The largest absolute Gasteiger partial charge is 0.324 e. The van der Waals surface area contributed by atoms with E-state index in [1.54, 1.807) is 55.3 Å². The second kappa shape index (κ2) is 8.04. The van der Waals surface area contributed by atoms with E-state index in [0.29, 0.717) is 22.9 Å². The monoisotopic (exact) mass is 400 g/mol. The first-order valence-corrected chi connectivity index (χ1v) is 9.34. The molecule has 0 spiro atoms. The lowest BCUT2D eigenvalue weighted by molar-refractivity contribution is 0.102. The van der Waals surface area contributed by atoms with Crippen LogP contribution in [0.3, 0.4) is 0 Å². The predicted octanol–water partition coefficient (Wildman–Crippen LogP) is 3.27. The van der Waals surface area contributed by atoms with Crippen molar-refractivity contribution in [1.29, 1.82) is 0 Å². The van der Waals surface area contributed by atoms with Crippen LogP contribution in [0.25, 0.3) is 5.69 Å². The number of para-hydroxylation sites is 1. The number of hydrogen-bond donors (Lipinski definition) is 2. The van der Waals surface area contributed by atoms with Crippen LogP contribution in [0, 0.1) is 6.92 Å². The fraction of sp³-hybridized carbons (Fsp3) is 0.0909. The van der Waals surface area contributed by atoms with Crippen LogP contribution in [0.1, 0.15) is 16.1 Å². The van der Waals surface area contributed by atoms with Crippen molar-refractivity contribution in [2.45, 2.75) is 6.92 Å². The van der Waals surface area contributed by atoms with E-state index in [2.05, 4.69) is 20.6 Å². The van der Waals surface area contributed by atoms with Gasteiger partial charge in [-0.1, -0.05) is 24.3 Å². The van der Waals surface area contributed by atoms with Gasteiger partial charge in [-0.2, -0.15) is 0 Å². The highest BCUT2D eigenvalue weighted by molar-refractivity contribution is 6.05. The van der Waals surface area contributed by atoms with Crippen LogP contribution in [0.2, 0.25) is 0 Å². The highest BCUT2D eigenvalue weighted by Gasteiger charge is 2.19. The molecular formula is C22H20N6O2. The number of rotatable bonds is 5. The van der Waals surface area contributed by atoms with Gasteiger partial charge in [0.05, 0.1) is 11.4 Å². The molecule has 4 rings (SSSR count). The maximum absolute atomic E-state index is 13.0. The molecule has 8 heteroatoms. The van der Waals surface area contributed by atoms with E-state index in [1.165, 1.54) is 4.68 Å². The molecule has 4 aromatic rings. The maximum atomic E-state index is 13.0. The normalized spacial score (nSPS) is 10.6. The highest BCUT2D eigenvalue weighted by Crippen LogP contribution is 2.18. The third kappa shape index (κ3) is 3.70. The maximum Gasteiger partial charge on any atom is 0.295 e. The van der Waals surface area contributed by atoms with Gasteiger partial charge in [0, 0.05) is 30.7 Å². The Morgan fingerprint density at radius 3 is 2.43 bits per heavy atom. The first kappa shape index (κ1) is 19.1. The summed E-state index contributed by atoms with van der Waals surface area (Å²) in [6.45, 7) is 1.79. The van der Waals surface area contributed by atoms with Gasteiger partial charge in [-0.3, -0.25) is 14.3 Å². The van der Waals surface area contributed by atoms with Gasteiger partial charge in [-0.15, -0.1) is 0 Å². The van der Waals surface area contributed by atoms with Gasteiger partial charge in [-0.25, -0.2) is 14.6 Å². The zero-order valence-electron chi connectivity index (χ0n) is 16.5. The van der Waals surface area contributed by atoms with Crippen LogP contribution in [0.5, 0.6) is 0 Å². The standard InChI is InChI=1S/C22H20N6O2/c1-15-19(21(30)28(27(15)2)18-10-4-3-5-11-18)26-20(29)16-8-6-9-17(14-16)25-22-23-12-7-13-24-22/h3-14H,1-2H3,(H,26,29)(H,23,24,25). The Morgan fingerprint density at radius 1 is 0.967 bits per heavy atom. The average molecular weight is 400 g/mol. The van der Waals surface area contributed by atoms with Crippen LogP contribution in [-0.4, -0.2) is 25.2 Å². The van der Waals surface area contributed by atoms with E-state index >= 15 is 0 Å². The number of hydrogen-bond acceptors (Lipinski definition) is 5. The highest BCUT2D eigenvalue weighted by atomic mass is 16.2. The van der Waals surface area contributed by atoms with Crippen molar-refractivity contribution in [3.63, 3.8) is 0 Å². The number of carbonyl (C=O) groups is 1. The van der Waals surface area contributed by atoms with Crippen molar-refractivity contribution < 1.29 is 4.79 Å². The molecule has 2 N–H and O–H groups in total. The molecule has 0 radical (unpaired) electrons. The van der Waals surface area contributed by atoms with Crippen molar-refractivity contribution in [2.24, 2.45) is 7.05 Å². The number of nitrogens with one attached hydrogen (secondary N) is 2. The lowest BCUT2D eigenvalue weighted by Crippen LogP contribution is -2.23. The summed E-state index contributed by atoms with van der Waals surface area (Å²) < 4.78 is 3.24. The smallest absolute Gasteiger partial charge is 0.295 e. The summed E-state index contributed by atoms with van der Waals surface area (Å²) in [6, 6.07) is 17.9. The summed E-state index contributed by atoms with van der Waals surface area (Å²) in [5, 5.41) is 5.81. The Labute approximate surface area is 172 Å². The van der Waals surface area contributed by atoms with Gasteiger partial charge in [0.15, 0.2) is 0 Å². The molecule has 0 aliphatic rings. The Bertz CT molecular complexity index is 1250. The van der Waals surface area contributed by atoms with Crippen molar-refractivity contribution in [3.8, 4) is 5.69 Å². The van der Waals surface area contributed by atoms with Crippen molar-refractivity contribution >= 4 is 23.2 Å². The Kier molecular flexibility index (Phi) is 5.13. The fourth-order valence-corrected chi connectivity index (χ4v) is 3.13. The molecule has 1 amide bonds. The molecule has 0 bridgehead atoms. The zero-order valence-corrected chi connectivity index (χ0v) is 16.5. The van der Waals surface area contributed by atoms with Crippen LogP contribution in [0.4, 0.5) is 17.3 Å². The number of aromatic nitrogens is 4. The summed E-state index contributed by atoms with van der Waals surface area (Å²) in [5.41, 5.74) is 2.41. The summed E-state index contributed by atoms with van der Waals surface area (Å²) in [6.07, 6.45) is 3.25. The number of benzene rings is 2.